The molecule has 0 aromatic carbocycles. The van der Waals surface area contributed by atoms with Crippen molar-refractivity contribution in [3.05, 3.63) is 97.2 Å². The summed E-state index contributed by atoms with van der Waals surface area (Å²) in [7, 11) is 0. The van der Waals surface area contributed by atoms with Gasteiger partial charge in [-0.3, -0.25) is 14.4 Å². The van der Waals surface area contributed by atoms with E-state index in [1.165, 1.54) is 51.4 Å². The van der Waals surface area contributed by atoms with Crippen molar-refractivity contribution in [2.24, 2.45) is 0 Å². The van der Waals surface area contributed by atoms with Gasteiger partial charge in [-0.1, -0.05) is 201 Å². The topological polar surface area (TPSA) is 78.9 Å². The largest absolute Gasteiger partial charge is 0.462 e. The van der Waals surface area contributed by atoms with Crippen LogP contribution in [0.5, 0.6) is 0 Å². The number of hydrogen-bond acceptors (Lipinski definition) is 6. The number of unbranched alkanes of at least 4 members (excludes halogenated alkanes) is 18. The van der Waals surface area contributed by atoms with Crippen LogP contribution in [0.4, 0.5) is 0 Å². The third kappa shape index (κ3) is 49.2. The van der Waals surface area contributed by atoms with Crippen LogP contribution in [-0.4, -0.2) is 37.2 Å². The minimum Gasteiger partial charge on any atom is -0.462 e. The highest BCUT2D eigenvalue weighted by molar-refractivity contribution is 5.71. The van der Waals surface area contributed by atoms with Crippen molar-refractivity contribution in [3.63, 3.8) is 0 Å². The Labute approximate surface area is 387 Å². The summed E-state index contributed by atoms with van der Waals surface area (Å²) in [6.07, 6.45) is 66.9. The molecule has 1 unspecified atom stereocenters. The number of esters is 3. The van der Waals surface area contributed by atoms with Gasteiger partial charge in [0.05, 0.1) is 0 Å². The highest BCUT2D eigenvalue weighted by Crippen LogP contribution is 2.13. The van der Waals surface area contributed by atoms with Gasteiger partial charge < -0.3 is 14.2 Å². The van der Waals surface area contributed by atoms with Crippen molar-refractivity contribution in [2.75, 3.05) is 13.2 Å². The van der Waals surface area contributed by atoms with Gasteiger partial charge in [-0.25, -0.2) is 0 Å². The molecular weight excluding hydrogens is 781 g/mol. The highest BCUT2D eigenvalue weighted by atomic mass is 16.6. The Morgan fingerprint density at radius 1 is 0.333 bits per heavy atom. The lowest BCUT2D eigenvalue weighted by Crippen LogP contribution is -2.30. The van der Waals surface area contributed by atoms with Crippen LogP contribution in [0.2, 0.25) is 0 Å². The van der Waals surface area contributed by atoms with Gasteiger partial charge in [-0.15, -0.1) is 0 Å². The van der Waals surface area contributed by atoms with Crippen LogP contribution in [0.15, 0.2) is 97.2 Å². The highest BCUT2D eigenvalue weighted by Gasteiger charge is 2.19. The Balaban J connectivity index is 4.33. The predicted octanol–water partition coefficient (Wildman–Crippen LogP) is 17.0. The van der Waals surface area contributed by atoms with Gasteiger partial charge in [0.25, 0.3) is 0 Å². The van der Waals surface area contributed by atoms with Gasteiger partial charge in [0.2, 0.25) is 0 Å². The second-order valence-electron chi connectivity index (χ2n) is 16.7. The van der Waals surface area contributed by atoms with Crippen molar-refractivity contribution in [2.45, 2.75) is 232 Å². The molecule has 0 aliphatic rings. The zero-order chi connectivity index (χ0) is 45.8. The monoisotopic (exact) mass is 875 g/mol. The van der Waals surface area contributed by atoms with E-state index in [9.17, 15) is 14.4 Å². The third-order valence-corrected chi connectivity index (χ3v) is 10.6. The fraction of sp³-hybridized carbons (Fsp3) is 0.667. The minimum atomic E-state index is -0.793. The second kappa shape index (κ2) is 51.0. The number of ether oxygens (including phenoxy) is 3. The van der Waals surface area contributed by atoms with Crippen LogP contribution in [0.3, 0.4) is 0 Å². The zero-order valence-electron chi connectivity index (χ0n) is 40.8. The van der Waals surface area contributed by atoms with Crippen molar-refractivity contribution >= 4 is 17.9 Å². The molecule has 63 heavy (non-hydrogen) atoms. The molecule has 0 fully saturated rings. The van der Waals surface area contributed by atoms with E-state index < -0.39 is 6.10 Å². The van der Waals surface area contributed by atoms with Crippen molar-refractivity contribution in [1.82, 2.24) is 0 Å². The SMILES string of the molecule is CC/C=C\C/C=C\C/C=C\C/C=C\C/C=C\C/C=C\CCCCCCC(=O)OCC(COC(=O)CCCCCCCCC)OC(=O)CCCCCCC/C=C\C/C=C\CCCCC. The molecule has 0 aliphatic heterocycles. The van der Waals surface area contributed by atoms with Crippen LogP contribution in [0, 0.1) is 0 Å². The number of carbonyl (C=O) groups excluding carboxylic acids is 3. The van der Waals surface area contributed by atoms with Gasteiger partial charge in [0.1, 0.15) is 13.2 Å². The van der Waals surface area contributed by atoms with Gasteiger partial charge in [0, 0.05) is 19.3 Å². The maximum Gasteiger partial charge on any atom is 0.306 e. The summed E-state index contributed by atoms with van der Waals surface area (Å²) in [5, 5.41) is 0. The quantitative estimate of drug-likeness (QED) is 0.0262. The molecule has 0 rings (SSSR count). The summed E-state index contributed by atoms with van der Waals surface area (Å²) in [5.41, 5.74) is 0. The standard InChI is InChI=1S/C57H94O6/c1-4-7-10-13-16-18-20-22-24-25-26-27-28-29-30-31-33-34-36-38-41-44-47-50-56(59)62-53-54(52-61-55(58)49-46-43-40-15-12-9-6-3)63-57(60)51-48-45-42-39-37-35-32-23-21-19-17-14-11-8-5-2/h7,10,16-19,22-24,26-27,29-30,32-34,54H,4-6,8-9,11-15,20-21,25,28,31,35-53H2,1-3H3/b10-7-,18-16-,19-17-,24-22-,27-26-,30-29-,32-23-,34-33-. The minimum absolute atomic E-state index is 0.0921. The van der Waals surface area contributed by atoms with Crippen molar-refractivity contribution in [1.29, 1.82) is 0 Å². The van der Waals surface area contributed by atoms with Gasteiger partial charge >= 0.3 is 17.9 Å². The molecule has 0 aliphatic carbocycles. The summed E-state index contributed by atoms with van der Waals surface area (Å²) < 4.78 is 16.7. The molecule has 0 amide bonds. The van der Waals surface area contributed by atoms with E-state index in [2.05, 4.69) is 118 Å². The Kier molecular flexibility index (Phi) is 48.0. The van der Waals surface area contributed by atoms with Crippen LogP contribution < -0.4 is 0 Å². The lowest BCUT2D eigenvalue weighted by Gasteiger charge is -2.18. The summed E-state index contributed by atoms with van der Waals surface area (Å²) in [6.45, 7) is 6.41. The average molecular weight is 875 g/mol. The Bertz CT molecular complexity index is 1280. The number of allylic oxidation sites excluding steroid dienone is 16. The first-order valence-corrected chi connectivity index (χ1v) is 25.7. The molecular formula is C57H94O6. The number of carbonyl (C=O) groups is 3. The molecule has 0 aromatic heterocycles. The number of rotatable bonds is 45. The molecule has 0 bridgehead atoms. The van der Waals surface area contributed by atoms with E-state index in [1.54, 1.807) is 0 Å². The first-order chi connectivity index (χ1) is 31.0. The maximum absolute atomic E-state index is 12.7. The van der Waals surface area contributed by atoms with Gasteiger partial charge in [0.15, 0.2) is 6.10 Å². The van der Waals surface area contributed by atoms with Crippen LogP contribution >= 0.6 is 0 Å². The molecule has 0 saturated heterocycles. The lowest BCUT2D eigenvalue weighted by molar-refractivity contribution is -0.167. The normalized spacial score (nSPS) is 12.9. The van der Waals surface area contributed by atoms with Gasteiger partial charge in [-0.05, 0) is 103 Å². The fourth-order valence-corrected chi connectivity index (χ4v) is 6.71. The Morgan fingerprint density at radius 2 is 0.619 bits per heavy atom. The molecule has 0 saturated carbocycles. The van der Waals surface area contributed by atoms with Crippen molar-refractivity contribution in [3.8, 4) is 0 Å². The Hall–Kier alpha value is -3.67. The van der Waals surface area contributed by atoms with Crippen LogP contribution in [0.25, 0.3) is 0 Å². The van der Waals surface area contributed by atoms with Crippen LogP contribution in [-0.2, 0) is 28.6 Å². The lowest BCUT2D eigenvalue weighted by atomic mass is 10.1. The van der Waals surface area contributed by atoms with E-state index in [-0.39, 0.29) is 31.1 Å². The Morgan fingerprint density at radius 3 is 1.00 bits per heavy atom. The molecule has 1 atom stereocenters. The molecule has 0 N–H and O–H groups in total. The first kappa shape index (κ1) is 59.3. The van der Waals surface area contributed by atoms with Crippen molar-refractivity contribution < 1.29 is 28.6 Å². The summed E-state index contributed by atoms with van der Waals surface area (Å²) in [5.74, 6) is -0.943. The van der Waals surface area contributed by atoms with E-state index in [0.29, 0.717) is 19.3 Å². The second-order valence-corrected chi connectivity index (χ2v) is 16.7. The zero-order valence-corrected chi connectivity index (χ0v) is 40.8. The summed E-state index contributed by atoms with van der Waals surface area (Å²) in [4.78, 5) is 37.8. The van der Waals surface area contributed by atoms with E-state index >= 15 is 0 Å². The molecule has 0 radical (unpaired) electrons. The third-order valence-electron chi connectivity index (χ3n) is 10.6. The first-order valence-electron chi connectivity index (χ1n) is 25.7. The average Bonchev–Trinajstić information content (AvgIpc) is 3.28. The van der Waals surface area contributed by atoms with E-state index in [0.717, 1.165) is 135 Å². The fourth-order valence-electron chi connectivity index (χ4n) is 6.71. The smallest absolute Gasteiger partial charge is 0.306 e. The van der Waals surface area contributed by atoms with Gasteiger partial charge in [-0.2, -0.15) is 0 Å². The molecule has 0 aromatic rings. The summed E-state index contributed by atoms with van der Waals surface area (Å²) >= 11 is 0. The van der Waals surface area contributed by atoms with E-state index in [4.69, 9.17) is 14.2 Å². The summed E-state index contributed by atoms with van der Waals surface area (Å²) in [6, 6.07) is 0. The number of hydrogen-bond donors (Lipinski definition) is 0. The van der Waals surface area contributed by atoms with E-state index in [1.807, 2.05) is 0 Å². The van der Waals surface area contributed by atoms with Crippen LogP contribution in [0.1, 0.15) is 226 Å². The molecule has 6 nitrogen and oxygen atoms in total. The molecule has 6 heteroatoms. The molecule has 0 heterocycles. The molecule has 0 spiro atoms. The predicted molar refractivity (Wildman–Crippen MR) is 270 cm³/mol. The maximum atomic E-state index is 12.7. The molecule has 358 valence electrons.